The fourth-order valence-electron chi connectivity index (χ4n) is 1.17. The fourth-order valence-corrected chi connectivity index (χ4v) is 1.17. The third kappa shape index (κ3) is 2.35. The van der Waals surface area contributed by atoms with Gasteiger partial charge in [-0.1, -0.05) is 0 Å². The van der Waals surface area contributed by atoms with Crippen molar-refractivity contribution < 1.29 is 13.6 Å². The number of nitrogens with one attached hydrogen (secondary N) is 1. The third-order valence-electron chi connectivity index (χ3n) is 1.99. The van der Waals surface area contributed by atoms with Crippen LogP contribution in [0.3, 0.4) is 0 Å². The van der Waals surface area contributed by atoms with E-state index in [-0.39, 0.29) is 6.04 Å². The van der Waals surface area contributed by atoms with Crippen LogP contribution in [0.5, 0.6) is 0 Å². The van der Waals surface area contributed by atoms with Gasteiger partial charge in [0.15, 0.2) is 0 Å². The highest BCUT2D eigenvalue weighted by Gasteiger charge is 2.39. The van der Waals surface area contributed by atoms with Crippen LogP contribution in [0.15, 0.2) is 0 Å². The van der Waals surface area contributed by atoms with Gasteiger partial charge in [-0.3, -0.25) is 4.79 Å². The second-order valence-corrected chi connectivity index (χ2v) is 3.30. The van der Waals surface area contributed by atoms with Crippen LogP contribution < -0.4 is 11.1 Å². The molecule has 0 spiro atoms. The van der Waals surface area contributed by atoms with Gasteiger partial charge in [-0.2, -0.15) is 8.78 Å². The van der Waals surface area contributed by atoms with Crippen LogP contribution in [0.25, 0.3) is 0 Å². The van der Waals surface area contributed by atoms with Gasteiger partial charge in [0.1, 0.15) is 0 Å². The maximum absolute atomic E-state index is 12.6. The Morgan fingerprint density at radius 1 is 1.69 bits per heavy atom. The molecule has 0 radical (unpaired) electrons. The molecule has 0 aliphatic carbocycles. The number of likely N-dealkylation sites (N-methyl/N-ethyl adjacent to an activating group) is 1. The second kappa shape index (κ2) is 3.55. The number of halogens is 2. The van der Waals surface area contributed by atoms with Crippen LogP contribution in [0.4, 0.5) is 8.78 Å². The molecule has 1 rings (SSSR count). The molecule has 76 valence electrons. The molecule has 3 N–H and O–H groups in total. The molecule has 1 saturated heterocycles. The lowest BCUT2D eigenvalue weighted by molar-refractivity contribution is -0.145. The van der Waals surface area contributed by atoms with E-state index in [9.17, 15) is 13.6 Å². The summed E-state index contributed by atoms with van der Waals surface area (Å²) in [4.78, 5) is 12.8. The molecule has 4 nitrogen and oxygen atoms in total. The lowest BCUT2D eigenvalue weighted by atomic mass is 10.1. The van der Waals surface area contributed by atoms with Crippen molar-refractivity contribution in [2.45, 2.75) is 12.0 Å². The van der Waals surface area contributed by atoms with E-state index in [0.29, 0.717) is 13.1 Å². The summed E-state index contributed by atoms with van der Waals surface area (Å²) in [6.45, 7) is 0.292. The lowest BCUT2D eigenvalue weighted by Gasteiger charge is -2.37. The highest BCUT2D eigenvalue weighted by molar-refractivity contribution is 5.84. The Hall–Kier alpha value is -0.750. The summed E-state index contributed by atoms with van der Waals surface area (Å²) in [7, 11) is 1.85. The van der Waals surface area contributed by atoms with Crippen molar-refractivity contribution in [3.05, 3.63) is 0 Å². The minimum absolute atomic E-state index is 0.157. The van der Waals surface area contributed by atoms with Gasteiger partial charge in [0.2, 0.25) is 0 Å². The Morgan fingerprint density at radius 3 is 2.62 bits per heavy atom. The van der Waals surface area contributed by atoms with E-state index in [0.717, 1.165) is 0 Å². The van der Waals surface area contributed by atoms with Gasteiger partial charge in [0, 0.05) is 13.1 Å². The van der Waals surface area contributed by atoms with Crippen LogP contribution >= 0.6 is 0 Å². The molecule has 0 atom stereocenters. The van der Waals surface area contributed by atoms with Crippen LogP contribution in [0.2, 0.25) is 0 Å². The maximum atomic E-state index is 12.6. The number of nitrogens with two attached hydrogens (primary N) is 1. The van der Waals surface area contributed by atoms with Gasteiger partial charge in [-0.05, 0) is 7.05 Å². The molecule has 1 heterocycles. The molecule has 1 fully saturated rings. The molecule has 0 aromatic heterocycles. The quantitative estimate of drug-likeness (QED) is 0.605. The molecular weight excluding hydrogens is 180 g/mol. The first-order chi connectivity index (χ1) is 5.95. The number of nitrogens with zero attached hydrogens (tertiary/aromatic N) is 1. The highest BCUT2D eigenvalue weighted by Crippen LogP contribution is 2.13. The minimum atomic E-state index is -3.44. The summed E-state index contributed by atoms with van der Waals surface area (Å²) in [5, 5.41) is 2.23. The van der Waals surface area contributed by atoms with Gasteiger partial charge in [-0.25, -0.2) is 0 Å². The number of amides is 1. The fraction of sp³-hybridized carbons (Fsp3) is 0.857. The van der Waals surface area contributed by atoms with E-state index in [1.807, 2.05) is 11.9 Å². The van der Waals surface area contributed by atoms with Crippen molar-refractivity contribution in [3.8, 4) is 0 Å². The van der Waals surface area contributed by atoms with Crippen molar-refractivity contribution >= 4 is 5.91 Å². The first kappa shape index (κ1) is 10.3. The van der Waals surface area contributed by atoms with Crippen molar-refractivity contribution in [2.75, 3.05) is 26.7 Å². The van der Waals surface area contributed by atoms with E-state index in [1.54, 1.807) is 0 Å². The predicted octanol–water partition coefficient (Wildman–Crippen LogP) is -0.989. The Bertz CT molecular complexity index is 204. The number of hydrogen-bond acceptors (Lipinski definition) is 3. The molecule has 13 heavy (non-hydrogen) atoms. The van der Waals surface area contributed by atoms with Crippen molar-refractivity contribution in [3.63, 3.8) is 0 Å². The SMILES string of the molecule is CN1CC(NC(=O)C(F)(F)CN)C1. The summed E-state index contributed by atoms with van der Waals surface area (Å²) < 4.78 is 25.2. The maximum Gasteiger partial charge on any atom is 0.336 e. The van der Waals surface area contributed by atoms with E-state index in [1.165, 1.54) is 0 Å². The smallest absolute Gasteiger partial charge is 0.336 e. The summed E-state index contributed by atoms with van der Waals surface area (Å²) in [5.41, 5.74) is 4.75. The first-order valence-electron chi connectivity index (χ1n) is 4.03. The molecule has 1 aliphatic heterocycles. The normalized spacial score (nSPS) is 19.7. The average molecular weight is 193 g/mol. The van der Waals surface area contributed by atoms with Crippen molar-refractivity contribution in [2.24, 2.45) is 5.73 Å². The zero-order valence-electron chi connectivity index (χ0n) is 7.39. The van der Waals surface area contributed by atoms with Gasteiger partial charge in [-0.15, -0.1) is 0 Å². The molecule has 0 unspecified atom stereocenters. The van der Waals surface area contributed by atoms with Crippen LogP contribution in [-0.4, -0.2) is 49.5 Å². The van der Waals surface area contributed by atoms with Crippen LogP contribution in [0.1, 0.15) is 0 Å². The number of carbonyl (C=O) groups excluding carboxylic acids is 1. The summed E-state index contributed by atoms with van der Waals surface area (Å²) >= 11 is 0. The van der Waals surface area contributed by atoms with Crippen LogP contribution in [-0.2, 0) is 4.79 Å². The summed E-state index contributed by atoms with van der Waals surface area (Å²) in [6, 6.07) is -0.157. The Labute approximate surface area is 75.1 Å². The van der Waals surface area contributed by atoms with E-state index in [4.69, 9.17) is 5.73 Å². The topological polar surface area (TPSA) is 58.4 Å². The zero-order valence-corrected chi connectivity index (χ0v) is 7.39. The third-order valence-corrected chi connectivity index (χ3v) is 1.99. The Kier molecular flexibility index (Phi) is 2.82. The van der Waals surface area contributed by atoms with E-state index >= 15 is 0 Å². The summed E-state index contributed by atoms with van der Waals surface area (Å²) in [5.74, 6) is -4.71. The second-order valence-electron chi connectivity index (χ2n) is 3.30. The predicted molar refractivity (Wildman–Crippen MR) is 43.4 cm³/mol. The molecule has 1 amide bonds. The van der Waals surface area contributed by atoms with Crippen LogP contribution in [0, 0.1) is 0 Å². The number of alkyl halides is 2. The van der Waals surface area contributed by atoms with Crippen molar-refractivity contribution in [1.29, 1.82) is 0 Å². The number of carbonyl (C=O) groups is 1. The van der Waals surface area contributed by atoms with Gasteiger partial charge < -0.3 is 16.0 Å². The Balaban J connectivity index is 2.33. The van der Waals surface area contributed by atoms with Gasteiger partial charge in [0.05, 0.1) is 12.6 Å². The first-order valence-corrected chi connectivity index (χ1v) is 4.03. The molecule has 6 heteroatoms. The van der Waals surface area contributed by atoms with Gasteiger partial charge in [0.25, 0.3) is 5.91 Å². The summed E-state index contributed by atoms with van der Waals surface area (Å²) in [6.07, 6.45) is 0. The molecule has 1 aliphatic rings. The van der Waals surface area contributed by atoms with E-state index < -0.39 is 18.4 Å². The van der Waals surface area contributed by atoms with E-state index in [2.05, 4.69) is 5.32 Å². The largest absolute Gasteiger partial charge is 0.346 e. The highest BCUT2D eigenvalue weighted by atomic mass is 19.3. The number of hydrogen-bond donors (Lipinski definition) is 2. The van der Waals surface area contributed by atoms with Gasteiger partial charge >= 0.3 is 5.92 Å². The molecule has 0 aromatic rings. The average Bonchev–Trinajstić information content (AvgIpc) is 2.01. The Morgan fingerprint density at radius 2 is 2.23 bits per heavy atom. The zero-order chi connectivity index (χ0) is 10.1. The monoisotopic (exact) mass is 193 g/mol. The molecule has 0 bridgehead atoms. The molecular formula is C7H13F2N3O. The van der Waals surface area contributed by atoms with Crippen molar-refractivity contribution in [1.82, 2.24) is 10.2 Å². The number of likely N-dealkylation sites (tertiary alicyclic amines) is 1. The standard InChI is InChI=1S/C7H13F2N3O/c1-12-2-5(3-12)11-6(13)7(8,9)4-10/h5H,2-4,10H2,1H3,(H,11,13). The molecule has 0 aromatic carbocycles. The number of rotatable bonds is 3. The molecule has 0 saturated carbocycles. The minimum Gasteiger partial charge on any atom is -0.346 e. The lowest BCUT2D eigenvalue weighted by Crippen LogP contribution is -2.60.